The Hall–Kier alpha value is -2.76. The number of halogens is 1. The van der Waals surface area contributed by atoms with E-state index in [9.17, 15) is 14.0 Å². The number of carbonyl (C=O) groups is 2. The summed E-state index contributed by atoms with van der Waals surface area (Å²) in [5.41, 5.74) is 1.73. The van der Waals surface area contributed by atoms with Crippen LogP contribution in [0.1, 0.15) is 36.0 Å². The number of aliphatic carboxylic acids is 1. The van der Waals surface area contributed by atoms with Gasteiger partial charge in [0, 0.05) is 24.0 Å². The number of aromatic nitrogens is 1. The minimum absolute atomic E-state index is 0.0269. The number of carboxylic acids is 1. The van der Waals surface area contributed by atoms with Gasteiger partial charge < -0.3 is 10.4 Å². The largest absolute Gasteiger partial charge is 0.481 e. The molecule has 0 bridgehead atoms. The van der Waals surface area contributed by atoms with Crippen molar-refractivity contribution in [2.75, 3.05) is 0 Å². The lowest BCUT2D eigenvalue weighted by Crippen LogP contribution is -2.38. The fraction of sp³-hybridized carbons (Fsp3) is 0.316. The van der Waals surface area contributed by atoms with Crippen LogP contribution in [0.5, 0.6) is 0 Å². The highest BCUT2D eigenvalue weighted by molar-refractivity contribution is 5.95. The Balaban J connectivity index is 1.67. The van der Waals surface area contributed by atoms with Gasteiger partial charge in [0.25, 0.3) is 5.91 Å². The van der Waals surface area contributed by atoms with Crippen LogP contribution < -0.4 is 5.32 Å². The van der Waals surface area contributed by atoms with Crippen molar-refractivity contribution in [3.63, 3.8) is 0 Å². The first kappa shape index (κ1) is 17.1. The van der Waals surface area contributed by atoms with E-state index in [-0.39, 0.29) is 23.7 Å². The van der Waals surface area contributed by atoms with Crippen LogP contribution in [0.4, 0.5) is 4.39 Å². The summed E-state index contributed by atoms with van der Waals surface area (Å²) in [7, 11) is 0. The molecule has 5 nitrogen and oxygen atoms in total. The summed E-state index contributed by atoms with van der Waals surface area (Å²) in [5.74, 6) is -1.67. The smallest absolute Gasteiger partial charge is 0.306 e. The summed E-state index contributed by atoms with van der Waals surface area (Å²) < 4.78 is 13.4. The Bertz CT molecular complexity index is 786. The third-order valence-corrected chi connectivity index (χ3v) is 4.57. The topological polar surface area (TPSA) is 79.3 Å². The molecule has 0 aliphatic heterocycles. The molecule has 1 saturated carbocycles. The minimum Gasteiger partial charge on any atom is -0.481 e. The maximum absolute atomic E-state index is 13.4. The lowest BCUT2D eigenvalue weighted by molar-refractivity contribution is -0.142. The van der Waals surface area contributed by atoms with Crippen LogP contribution in [0.15, 0.2) is 42.7 Å². The van der Waals surface area contributed by atoms with Crippen LogP contribution in [-0.2, 0) is 4.79 Å². The zero-order valence-electron chi connectivity index (χ0n) is 13.6. The number of pyridine rings is 1. The molecule has 1 aromatic heterocycles. The molecule has 1 aliphatic carbocycles. The predicted molar refractivity (Wildman–Crippen MR) is 90.5 cm³/mol. The van der Waals surface area contributed by atoms with Crippen LogP contribution in [0, 0.1) is 11.7 Å². The first-order valence-corrected chi connectivity index (χ1v) is 8.27. The Morgan fingerprint density at radius 2 is 1.84 bits per heavy atom. The predicted octanol–water partition coefficient (Wildman–Crippen LogP) is 3.26. The molecule has 3 rings (SSSR count). The van der Waals surface area contributed by atoms with Crippen molar-refractivity contribution < 1.29 is 19.1 Å². The van der Waals surface area contributed by atoms with E-state index in [0.717, 1.165) is 0 Å². The van der Waals surface area contributed by atoms with Crippen molar-refractivity contribution in [3.05, 3.63) is 54.1 Å². The average molecular weight is 342 g/mol. The molecule has 2 N–H and O–H groups in total. The number of benzene rings is 1. The van der Waals surface area contributed by atoms with E-state index in [1.54, 1.807) is 24.4 Å². The number of hydrogen-bond acceptors (Lipinski definition) is 3. The highest BCUT2D eigenvalue weighted by Crippen LogP contribution is 2.25. The number of nitrogens with one attached hydrogen (secondary N) is 1. The lowest BCUT2D eigenvalue weighted by atomic mass is 9.86. The van der Waals surface area contributed by atoms with Gasteiger partial charge >= 0.3 is 5.97 Å². The molecule has 0 atom stereocenters. The molecule has 1 amide bonds. The number of hydrogen-bond donors (Lipinski definition) is 2. The van der Waals surface area contributed by atoms with Crippen LogP contribution in [0.3, 0.4) is 0 Å². The van der Waals surface area contributed by atoms with Gasteiger partial charge in [0.05, 0.1) is 11.5 Å². The molecular formula is C19H19FN2O3. The molecule has 6 heteroatoms. The normalized spacial score (nSPS) is 20.0. The summed E-state index contributed by atoms with van der Waals surface area (Å²) in [5, 5.41) is 12.0. The standard InChI is InChI=1S/C19H19FN2O3/c20-16-3-1-2-13(9-16)14-8-15(11-21-10-14)18(23)22-17-6-4-12(5-7-17)19(24)25/h1-3,8-12,17H,4-7H2,(H,22,23)(H,24,25). The van der Waals surface area contributed by atoms with Gasteiger partial charge in [-0.25, -0.2) is 4.39 Å². The quantitative estimate of drug-likeness (QED) is 0.894. The Morgan fingerprint density at radius 1 is 1.08 bits per heavy atom. The molecule has 1 aliphatic rings. The van der Waals surface area contributed by atoms with E-state index >= 15 is 0 Å². The molecule has 2 aromatic rings. The van der Waals surface area contributed by atoms with Gasteiger partial charge in [-0.05, 0) is 49.4 Å². The number of rotatable bonds is 4. The molecule has 0 radical (unpaired) electrons. The van der Waals surface area contributed by atoms with Gasteiger partial charge in [-0.2, -0.15) is 0 Å². The highest BCUT2D eigenvalue weighted by atomic mass is 19.1. The van der Waals surface area contributed by atoms with Crippen LogP contribution in [0.25, 0.3) is 11.1 Å². The van der Waals surface area contributed by atoms with E-state index in [1.807, 2.05) is 0 Å². The van der Waals surface area contributed by atoms with Gasteiger partial charge in [-0.3, -0.25) is 14.6 Å². The van der Waals surface area contributed by atoms with E-state index in [1.165, 1.54) is 18.3 Å². The fourth-order valence-corrected chi connectivity index (χ4v) is 3.14. The van der Waals surface area contributed by atoms with Crippen molar-refractivity contribution >= 4 is 11.9 Å². The maximum Gasteiger partial charge on any atom is 0.306 e. The Morgan fingerprint density at radius 3 is 2.52 bits per heavy atom. The van der Waals surface area contributed by atoms with Gasteiger partial charge in [-0.15, -0.1) is 0 Å². The SMILES string of the molecule is O=C(NC1CCC(C(=O)O)CC1)c1cncc(-c2cccc(F)c2)c1. The van der Waals surface area contributed by atoms with Crippen molar-refractivity contribution in [1.82, 2.24) is 10.3 Å². The first-order chi connectivity index (χ1) is 12.0. The van der Waals surface area contributed by atoms with Crippen molar-refractivity contribution in [2.45, 2.75) is 31.7 Å². The van der Waals surface area contributed by atoms with Crippen molar-refractivity contribution in [3.8, 4) is 11.1 Å². The summed E-state index contributed by atoms with van der Waals surface area (Å²) in [6, 6.07) is 7.78. The fourth-order valence-electron chi connectivity index (χ4n) is 3.14. The molecule has 25 heavy (non-hydrogen) atoms. The number of amides is 1. The monoisotopic (exact) mass is 342 g/mol. The third-order valence-electron chi connectivity index (χ3n) is 4.57. The molecule has 1 heterocycles. The van der Waals surface area contributed by atoms with E-state index in [0.29, 0.717) is 42.4 Å². The molecule has 1 aromatic carbocycles. The highest BCUT2D eigenvalue weighted by Gasteiger charge is 2.26. The minimum atomic E-state index is -0.767. The molecule has 0 spiro atoms. The van der Waals surface area contributed by atoms with Gasteiger partial charge in [0.1, 0.15) is 5.82 Å². The lowest BCUT2D eigenvalue weighted by Gasteiger charge is -2.26. The second kappa shape index (κ2) is 7.42. The Kier molecular flexibility index (Phi) is 5.07. The summed E-state index contributed by atoms with van der Waals surface area (Å²) in [6.45, 7) is 0. The molecule has 0 saturated heterocycles. The van der Waals surface area contributed by atoms with E-state index < -0.39 is 5.97 Å². The summed E-state index contributed by atoms with van der Waals surface area (Å²) in [6.07, 6.45) is 5.51. The summed E-state index contributed by atoms with van der Waals surface area (Å²) in [4.78, 5) is 27.5. The van der Waals surface area contributed by atoms with Crippen molar-refractivity contribution in [2.24, 2.45) is 5.92 Å². The Labute approximate surface area is 144 Å². The number of carbonyl (C=O) groups excluding carboxylic acids is 1. The van der Waals surface area contributed by atoms with Crippen molar-refractivity contribution in [1.29, 1.82) is 0 Å². The first-order valence-electron chi connectivity index (χ1n) is 8.27. The zero-order chi connectivity index (χ0) is 17.8. The zero-order valence-corrected chi connectivity index (χ0v) is 13.6. The molecule has 1 fully saturated rings. The average Bonchev–Trinajstić information content (AvgIpc) is 2.62. The number of carboxylic acid groups (broad SMARTS) is 1. The maximum atomic E-state index is 13.4. The van der Waals surface area contributed by atoms with Gasteiger partial charge in [-0.1, -0.05) is 12.1 Å². The second-order valence-electron chi connectivity index (χ2n) is 6.33. The van der Waals surface area contributed by atoms with E-state index in [4.69, 9.17) is 5.11 Å². The third kappa shape index (κ3) is 4.21. The molecular weight excluding hydrogens is 323 g/mol. The van der Waals surface area contributed by atoms with Crippen LogP contribution >= 0.6 is 0 Å². The van der Waals surface area contributed by atoms with Crippen LogP contribution in [-0.4, -0.2) is 28.0 Å². The number of nitrogens with zero attached hydrogens (tertiary/aromatic N) is 1. The second-order valence-corrected chi connectivity index (χ2v) is 6.33. The van der Waals surface area contributed by atoms with Gasteiger partial charge in [0.15, 0.2) is 0 Å². The molecule has 130 valence electrons. The van der Waals surface area contributed by atoms with Gasteiger partial charge in [0.2, 0.25) is 0 Å². The summed E-state index contributed by atoms with van der Waals surface area (Å²) >= 11 is 0. The molecule has 0 unspecified atom stereocenters. The van der Waals surface area contributed by atoms with Crippen LogP contribution in [0.2, 0.25) is 0 Å². The van der Waals surface area contributed by atoms with E-state index in [2.05, 4.69) is 10.3 Å².